The van der Waals surface area contributed by atoms with Gasteiger partial charge in [0.05, 0.1) is 5.75 Å². The van der Waals surface area contributed by atoms with E-state index in [-0.39, 0.29) is 23.4 Å². The minimum atomic E-state index is -0.535. The van der Waals surface area contributed by atoms with Gasteiger partial charge < -0.3 is 10.5 Å². The fourth-order valence-corrected chi connectivity index (χ4v) is 2.68. The van der Waals surface area contributed by atoms with Gasteiger partial charge in [-0.15, -0.1) is 0 Å². The van der Waals surface area contributed by atoms with Gasteiger partial charge in [-0.05, 0) is 0 Å². The second-order valence-electron chi connectivity index (χ2n) is 4.54. The van der Waals surface area contributed by atoms with E-state index in [1.807, 2.05) is 0 Å². The van der Waals surface area contributed by atoms with E-state index in [0.717, 1.165) is 16.3 Å². The van der Waals surface area contributed by atoms with Gasteiger partial charge in [0.1, 0.15) is 17.0 Å². The Bertz CT molecular complexity index is 857. The molecule has 0 aliphatic rings. The number of aromatic nitrogens is 4. The number of carbonyl (C=O) groups is 1. The Morgan fingerprint density at radius 1 is 1.27 bits per heavy atom. The second kappa shape index (κ2) is 6.28. The average molecular weight is 325 g/mol. The highest BCUT2D eigenvalue weighted by Crippen LogP contribution is 2.22. The van der Waals surface area contributed by atoms with E-state index in [0.29, 0.717) is 10.9 Å². The summed E-state index contributed by atoms with van der Waals surface area (Å²) in [6, 6.07) is 0. The molecule has 10 heteroatoms. The Morgan fingerprint density at radius 3 is 2.55 bits per heavy atom. The van der Waals surface area contributed by atoms with Gasteiger partial charge in [0.15, 0.2) is 11.5 Å². The van der Waals surface area contributed by atoms with Crippen LogP contribution in [0.5, 0.6) is 0 Å². The molecule has 0 aliphatic heterocycles. The highest BCUT2D eigenvalue weighted by Gasteiger charge is 2.17. The van der Waals surface area contributed by atoms with Crippen molar-refractivity contribution in [1.82, 2.24) is 19.1 Å². The molecular weight excluding hydrogens is 310 g/mol. The molecule has 0 unspecified atom stereocenters. The summed E-state index contributed by atoms with van der Waals surface area (Å²) in [5.41, 5.74) is 4.32. The van der Waals surface area contributed by atoms with Crippen LogP contribution < -0.4 is 17.0 Å². The van der Waals surface area contributed by atoms with E-state index in [2.05, 4.69) is 9.97 Å². The Balaban J connectivity index is 2.82. The zero-order valence-corrected chi connectivity index (χ0v) is 13.1. The van der Waals surface area contributed by atoms with Crippen molar-refractivity contribution in [2.75, 3.05) is 12.9 Å². The van der Waals surface area contributed by atoms with Gasteiger partial charge in [0.25, 0.3) is 5.56 Å². The maximum absolute atomic E-state index is 12.3. The molecule has 22 heavy (non-hydrogen) atoms. The highest BCUT2D eigenvalue weighted by molar-refractivity contribution is 8.00. The third-order valence-electron chi connectivity index (χ3n) is 2.94. The minimum Gasteiger partial charge on any atom is -0.377 e. The zero-order chi connectivity index (χ0) is 16.4. The molecule has 2 aromatic heterocycles. The fraction of sp³-hybridized carbons (Fsp3) is 0.417. The van der Waals surface area contributed by atoms with E-state index in [9.17, 15) is 14.4 Å². The quantitative estimate of drug-likeness (QED) is 0.538. The van der Waals surface area contributed by atoms with Crippen LogP contribution in [-0.4, -0.2) is 37.9 Å². The highest BCUT2D eigenvalue weighted by atomic mass is 32.2. The molecule has 0 spiro atoms. The van der Waals surface area contributed by atoms with E-state index < -0.39 is 17.2 Å². The zero-order valence-electron chi connectivity index (χ0n) is 12.3. The first kappa shape index (κ1) is 16.2. The lowest BCUT2D eigenvalue weighted by Crippen LogP contribution is -2.38. The molecule has 0 aliphatic carbocycles. The number of thioether (sulfide) groups is 1. The van der Waals surface area contributed by atoms with Crippen LogP contribution in [0.2, 0.25) is 0 Å². The van der Waals surface area contributed by atoms with Gasteiger partial charge in [-0.2, -0.15) is 0 Å². The molecule has 0 fully saturated rings. The Labute approximate surface area is 129 Å². The summed E-state index contributed by atoms with van der Waals surface area (Å²) in [6.07, 6.45) is 0. The topological polar surface area (TPSA) is 122 Å². The molecule has 0 saturated heterocycles. The summed E-state index contributed by atoms with van der Waals surface area (Å²) in [5, 5.41) is 0.475. The third-order valence-corrected chi connectivity index (χ3v) is 3.94. The number of hydrogen-bond donors (Lipinski definition) is 1. The number of primary amides is 1. The molecule has 0 radical (unpaired) electrons. The van der Waals surface area contributed by atoms with Crippen molar-refractivity contribution in [1.29, 1.82) is 0 Å². The maximum atomic E-state index is 12.3. The number of amides is 1. The number of aryl methyl sites for hydroxylation is 1. The smallest absolute Gasteiger partial charge is 0.332 e. The van der Waals surface area contributed by atoms with Crippen LogP contribution in [0.3, 0.4) is 0 Å². The fourth-order valence-electron chi connectivity index (χ4n) is 1.91. The van der Waals surface area contributed by atoms with Crippen molar-refractivity contribution >= 4 is 28.7 Å². The van der Waals surface area contributed by atoms with Crippen LogP contribution in [0, 0.1) is 0 Å². The number of nitrogens with two attached hydrogens (primary N) is 1. The van der Waals surface area contributed by atoms with Crippen molar-refractivity contribution in [3.8, 4) is 0 Å². The van der Waals surface area contributed by atoms with Gasteiger partial charge in [0.2, 0.25) is 5.91 Å². The molecule has 2 heterocycles. The molecular formula is C12H15N5O4S. The largest absolute Gasteiger partial charge is 0.377 e. The number of carbonyl (C=O) groups excluding carboxylic acids is 1. The Morgan fingerprint density at radius 2 is 1.95 bits per heavy atom. The van der Waals surface area contributed by atoms with Gasteiger partial charge in [-0.3, -0.25) is 18.7 Å². The van der Waals surface area contributed by atoms with Crippen molar-refractivity contribution in [3.05, 3.63) is 26.7 Å². The molecule has 2 rings (SSSR count). The van der Waals surface area contributed by atoms with Crippen LogP contribution in [0.1, 0.15) is 5.82 Å². The van der Waals surface area contributed by atoms with Crippen LogP contribution >= 0.6 is 11.8 Å². The molecule has 2 aromatic rings. The standard InChI is InChI=1S/C12H15N5O4S/c1-16-9-8(11(19)17(2)12(16)20)10(22-5-6(13)18)15-7(14-9)4-21-3/h4-5H2,1-3H3,(H2,13,18). The van der Waals surface area contributed by atoms with Crippen LogP contribution in [0.15, 0.2) is 14.6 Å². The maximum Gasteiger partial charge on any atom is 0.332 e. The predicted molar refractivity (Wildman–Crippen MR) is 80.7 cm³/mol. The number of ether oxygens (including phenoxy) is 1. The normalized spacial score (nSPS) is 11.0. The molecule has 118 valence electrons. The molecule has 9 nitrogen and oxygen atoms in total. The van der Waals surface area contributed by atoms with Crippen LogP contribution in [0.4, 0.5) is 0 Å². The molecule has 1 amide bonds. The number of fused-ring (bicyclic) bond motifs is 1. The predicted octanol–water partition coefficient (Wildman–Crippen LogP) is -1.25. The lowest BCUT2D eigenvalue weighted by atomic mass is 10.4. The molecule has 0 bridgehead atoms. The summed E-state index contributed by atoms with van der Waals surface area (Å²) in [7, 11) is 4.36. The lowest BCUT2D eigenvalue weighted by Gasteiger charge is -2.11. The number of methoxy groups -OCH3 is 1. The van der Waals surface area contributed by atoms with Gasteiger partial charge in [-0.25, -0.2) is 14.8 Å². The monoisotopic (exact) mass is 325 g/mol. The van der Waals surface area contributed by atoms with Crippen molar-refractivity contribution in [2.24, 2.45) is 19.8 Å². The van der Waals surface area contributed by atoms with Crippen molar-refractivity contribution < 1.29 is 9.53 Å². The summed E-state index contributed by atoms with van der Waals surface area (Å²) >= 11 is 1.03. The van der Waals surface area contributed by atoms with E-state index in [1.54, 1.807) is 0 Å². The van der Waals surface area contributed by atoms with Gasteiger partial charge in [-0.1, -0.05) is 11.8 Å². The lowest BCUT2D eigenvalue weighted by molar-refractivity contribution is -0.115. The summed E-state index contributed by atoms with van der Waals surface area (Å²) in [6.45, 7) is 0.115. The van der Waals surface area contributed by atoms with E-state index >= 15 is 0 Å². The summed E-state index contributed by atoms with van der Waals surface area (Å²) in [4.78, 5) is 43.8. The molecule has 0 saturated carbocycles. The van der Waals surface area contributed by atoms with Crippen LogP contribution in [0.25, 0.3) is 11.0 Å². The number of hydrogen-bond acceptors (Lipinski definition) is 7. The number of nitrogens with zero attached hydrogens (tertiary/aromatic N) is 4. The minimum absolute atomic E-state index is 0.0372. The number of rotatable bonds is 5. The molecule has 0 aromatic carbocycles. The first-order valence-corrected chi connectivity index (χ1v) is 7.22. The summed E-state index contributed by atoms with van der Waals surface area (Å²) < 4.78 is 7.21. The van der Waals surface area contributed by atoms with Gasteiger partial charge >= 0.3 is 5.69 Å². The van der Waals surface area contributed by atoms with Crippen molar-refractivity contribution in [2.45, 2.75) is 11.6 Å². The van der Waals surface area contributed by atoms with Crippen molar-refractivity contribution in [3.63, 3.8) is 0 Å². The van der Waals surface area contributed by atoms with Crippen LogP contribution in [-0.2, 0) is 30.2 Å². The first-order valence-electron chi connectivity index (χ1n) is 6.23. The SMILES string of the molecule is COCc1nc(SCC(N)=O)c2c(=O)n(C)c(=O)n(C)c2n1. The molecule has 0 atom stereocenters. The van der Waals surface area contributed by atoms with Gasteiger partial charge in [0, 0.05) is 21.2 Å². The van der Waals surface area contributed by atoms with E-state index in [1.165, 1.54) is 25.8 Å². The molecule has 2 N–H and O–H groups in total. The Hall–Kier alpha value is -2.20. The van der Waals surface area contributed by atoms with E-state index in [4.69, 9.17) is 10.5 Å². The first-order chi connectivity index (χ1) is 10.4. The second-order valence-corrected chi connectivity index (χ2v) is 5.50. The summed E-state index contributed by atoms with van der Waals surface area (Å²) in [5.74, 6) is -0.262. The Kier molecular flexibility index (Phi) is 4.62. The third kappa shape index (κ3) is 2.88. The average Bonchev–Trinajstić information content (AvgIpc) is 2.48.